The van der Waals surface area contributed by atoms with Crippen molar-refractivity contribution in [1.82, 2.24) is 49.4 Å². The molecule has 15 aliphatic rings. The molecule has 3 radical (unpaired) electrons. The number of piperazine rings is 5. The second kappa shape index (κ2) is 52.6. The van der Waals surface area contributed by atoms with E-state index in [1.54, 1.807) is 0 Å². The van der Waals surface area contributed by atoms with Crippen molar-refractivity contribution in [2.45, 2.75) is 302 Å². The molecule has 2 atom stereocenters. The number of ketones is 2. The van der Waals surface area contributed by atoms with Crippen LogP contribution in [0.4, 0.5) is 13.2 Å². The number of Topliss-reactive ketones (excluding diaryl/α,β-unsaturated/α-hetero) is 2. The number of hydrogen-bond donors (Lipinski definition) is 1. The van der Waals surface area contributed by atoms with Crippen LogP contribution in [0.1, 0.15) is 227 Å². The summed E-state index contributed by atoms with van der Waals surface area (Å²) < 4.78 is 125. The Bertz CT molecular complexity index is 3350. The Morgan fingerprint density at radius 2 is 0.730 bits per heavy atom. The fourth-order valence-electron chi connectivity index (χ4n) is 16.6. The van der Waals surface area contributed by atoms with Gasteiger partial charge in [0.2, 0.25) is 5.97 Å². The van der Waals surface area contributed by atoms with Crippen molar-refractivity contribution in [3.05, 3.63) is 23.4 Å². The van der Waals surface area contributed by atoms with Gasteiger partial charge < -0.3 is 93.6 Å². The van der Waals surface area contributed by atoms with Crippen LogP contribution in [0.15, 0.2) is 23.4 Å². The number of allylic oxidation sites excluding steroid dienone is 2. The summed E-state index contributed by atoms with van der Waals surface area (Å²) in [6.07, 6.45) is 19.9. The minimum atomic E-state index is -5.54. The molecule has 10 saturated heterocycles. The fourth-order valence-corrected chi connectivity index (χ4v) is 17.1. The van der Waals surface area contributed by atoms with Gasteiger partial charge in [-0.1, -0.05) is 13.5 Å². The molecule has 1 N–H and O–H groups in total. The molecule has 0 aromatic carbocycles. The zero-order valence-electron chi connectivity index (χ0n) is 79.5. The number of rotatable bonds is 8. The van der Waals surface area contributed by atoms with E-state index in [-0.39, 0.29) is 120 Å². The topological polar surface area (TPSA) is 290 Å². The van der Waals surface area contributed by atoms with Crippen LogP contribution in [0.3, 0.4) is 0 Å². The molecule has 10 aliphatic heterocycles. The first-order valence-electron chi connectivity index (χ1n) is 44.9. The summed E-state index contributed by atoms with van der Waals surface area (Å²) in [4.78, 5) is 80.8. The second-order valence-corrected chi connectivity index (χ2v) is 39.6. The third-order valence-electron chi connectivity index (χ3n) is 27.0. The summed E-state index contributed by atoms with van der Waals surface area (Å²) in [6.45, 7) is 54.2. The van der Waals surface area contributed by atoms with Crippen LogP contribution >= 0.6 is 12.4 Å². The van der Waals surface area contributed by atoms with Crippen LogP contribution in [0.5, 0.6) is 0 Å². The molecular weight excluding hydrogens is 1690 g/mol. The van der Waals surface area contributed by atoms with Crippen molar-refractivity contribution in [1.29, 1.82) is 0 Å². The van der Waals surface area contributed by atoms with E-state index < -0.39 is 47.6 Å². The van der Waals surface area contributed by atoms with E-state index >= 15 is 0 Å². The van der Waals surface area contributed by atoms with Crippen molar-refractivity contribution in [2.75, 3.05) is 193 Å². The smallest absolute Gasteiger partial charge is 0.793 e. The van der Waals surface area contributed by atoms with E-state index in [0.717, 1.165) is 137 Å². The molecule has 0 amide bonds. The van der Waals surface area contributed by atoms with Crippen molar-refractivity contribution in [2.24, 2.45) is 0 Å². The maximum absolute atomic E-state index is 12.2. The van der Waals surface area contributed by atoms with Gasteiger partial charge in [0.25, 0.3) is 0 Å². The Morgan fingerprint density at radius 1 is 0.437 bits per heavy atom. The van der Waals surface area contributed by atoms with Crippen LogP contribution in [0.25, 0.3) is 0 Å². The Balaban J connectivity index is 0.000000304. The zero-order valence-corrected chi connectivity index (χ0v) is 83.2. The van der Waals surface area contributed by atoms with Gasteiger partial charge in [-0.05, 0) is 188 Å². The van der Waals surface area contributed by atoms with Crippen molar-refractivity contribution < 1.29 is 141 Å². The predicted octanol–water partition coefficient (Wildman–Crippen LogP) is 5.91. The number of likely N-dealkylation sites (N-methyl/N-ethyl adjacent to an activating group) is 5. The Labute approximate surface area is 783 Å². The first-order chi connectivity index (χ1) is 57.5. The molecule has 31 nitrogen and oxygen atoms in total. The summed E-state index contributed by atoms with van der Waals surface area (Å²) >= 11 is 0. The van der Waals surface area contributed by atoms with Gasteiger partial charge in [0.1, 0.15) is 17.3 Å². The Hall–Kier alpha value is -2.48. The maximum atomic E-state index is 12.2. The number of nitrogens with zero attached hydrogens (tertiary/aromatic N) is 9. The Kier molecular flexibility index (Phi) is 48.3. The van der Waals surface area contributed by atoms with E-state index in [1.807, 2.05) is 62.4 Å². The number of carbonyl (C=O) groups is 5. The standard InChI is InChI=1S/C17H31BN2O2.C13H24N2O2.C12H24B2O4.C12H19F3N2O3S.C11H20N2O.C8H12O3.C5H12N2.C4H6O4.C2H3BO2.CH4.ClH.Na/c1-16(2)17(3,4)22-18(21-16)14-6-8-15(9-7-14)20-12-10-19(5)11-13-20;1-14-6-8-15(9-7-14)12-2-4-13(5-3-12)16-10-11-17-13;1-9(2)10(3,4)16-13(15-9)14-17-11(5,6)12(7,8)18-14;1-16-6-8-17(9-7-16)10-2-4-11(5-3-10)20-21(18,19)12(13,14)15;1-12-6-8-13(9-7-12)10-2-4-11(14)5-3-10;9-7-1-3-8(4-2-7)10-5-6-11-8;1-7-4-2-6-3-5-7;1-3(5)7-8-4(2)6;1-2(4)5-3;;;/h6,15H,7-13H2,1-5H3;12H,2-11H2,1H3;1-8H3;4,10H,2-3,5-9H2,1H3;10H,2-9H2,1H3;1-6H2;6H,2-5H2,1H3;1-2H3;1H3;1H4;1H;/q;;;;;;;;-1;;;+1. The molecule has 719 valence electrons. The maximum Gasteiger partial charge on any atom is 1.00 e. The zero-order chi connectivity index (χ0) is 91.0. The van der Waals surface area contributed by atoms with Crippen molar-refractivity contribution in [3.63, 3.8) is 0 Å². The molecule has 2 spiro atoms. The summed E-state index contributed by atoms with van der Waals surface area (Å²) in [5.74, 6) is -1.59. The van der Waals surface area contributed by atoms with Gasteiger partial charge in [-0.15, -0.1) is 12.4 Å². The van der Waals surface area contributed by atoms with E-state index in [1.165, 1.54) is 129 Å². The van der Waals surface area contributed by atoms with Gasteiger partial charge in [-0.2, -0.15) is 21.6 Å². The number of ether oxygens (including phenoxy) is 4. The summed E-state index contributed by atoms with van der Waals surface area (Å²) in [6, 6.07) is 2.42. The van der Waals surface area contributed by atoms with Gasteiger partial charge in [0.15, 0.2) is 11.6 Å². The number of hydrogen-bond acceptors (Lipinski definition) is 31. The predicted molar refractivity (Wildman–Crippen MR) is 480 cm³/mol. The van der Waals surface area contributed by atoms with Crippen LogP contribution < -0.4 is 34.9 Å². The van der Waals surface area contributed by atoms with E-state index in [0.29, 0.717) is 62.5 Å². The first-order valence-corrected chi connectivity index (χ1v) is 46.3. The fraction of sp³-hybridized carbons (Fsp3) is 0.894. The molecule has 3 saturated carbocycles. The molecule has 13 fully saturated rings. The first kappa shape index (κ1) is 116. The third-order valence-corrected chi connectivity index (χ3v) is 28.0. The average molecular weight is 1840 g/mol. The second-order valence-electron chi connectivity index (χ2n) is 38.1. The molecular formula is C85H156B4ClF3N10NaO21S. The van der Waals surface area contributed by atoms with E-state index in [4.69, 9.17) is 46.9 Å². The van der Waals surface area contributed by atoms with Crippen LogP contribution in [-0.4, -0.2) is 379 Å². The number of nitrogens with one attached hydrogen (secondary N) is 1. The van der Waals surface area contributed by atoms with Crippen LogP contribution in [0, 0.1) is 0 Å². The third kappa shape index (κ3) is 36.6. The Morgan fingerprint density at radius 3 is 1.02 bits per heavy atom. The minimum Gasteiger partial charge on any atom is -0.793 e. The monoisotopic (exact) mass is 1840 g/mol. The molecule has 15 rings (SSSR count). The SMILES string of the molecule is C.CC(=O)OOC(C)=O.CC1(C)OB(B2OC(C)(C)C(C)(C)O2)OC1(C)C.CN1CCN(C2CC=C(B3OC(C)(C)C(C)(C)O3)CC2)CC1.CN1CCN(C2CC=C(OS(=O)(=O)C(F)(F)F)CC2)CC1.CN1CCN(C2CCC(=O)CC2)CC1.CN1CCN(C2CCC3(CC2)OCCO3)CC1.CN1CCNCC1.Cl.O=C1CCC2(CC1)OCCO2.[B-]OC(C)=O.[Na+]. The number of carbonyl (C=O) groups excluding carboxylic acids is 5. The molecule has 0 aromatic heterocycles. The summed E-state index contributed by atoms with van der Waals surface area (Å²) in [5.41, 5.74) is -5.92. The van der Waals surface area contributed by atoms with Crippen molar-refractivity contribution in [3.8, 4) is 0 Å². The van der Waals surface area contributed by atoms with Gasteiger partial charge in [0, 0.05) is 234 Å². The minimum absolute atomic E-state index is 0. The molecule has 0 aromatic rings. The normalized spacial score (nSPS) is 27.0. The molecule has 5 aliphatic carbocycles. The molecule has 2 unspecified atom stereocenters. The van der Waals surface area contributed by atoms with Gasteiger partial charge in [-0.25, -0.2) is 19.4 Å². The average Bonchev–Trinajstić information content (AvgIpc) is 1.59. The number of halogens is 4. The van der Waals surface area contributed by atoms with Gasteiger partial charge in [-0.3, -0.25) is 34.0 Å². The molecule has 41 heteroatoms. The van der Waals surface area contributed by atoms with Crippen molar-refractivity contribution >= 4 is 81.2 Å². The largest absolute Gasteiger partial charge is 1.00 e. The van der Waals surface area contributed by atoms with Gasteiger partial charge in [0.05, 0.1) is 60.0 Å². The van der Waals surface area contributed by atoms with Crippen LogP contribution in [-0.2, 0) is 99.6 Å². The molecule has 126 heavy (non-hydrogen) atoms. The summed E-state index contributed by atoms with van der Waals surface area (Å²) in [5, 5.41) is 3.27. The molecule has 0 bridgehead atoms. The van der Waals surface area contributed by atoms with E-state index in [9.17, 15) is 45.6 Å². The van der Waals surface area contributed by atoms with Gasteiger partial charge >= 0.3 is 78.3 Å². The van der Waals surface area contributed by atoms with Crippen LogP contribution in [0.2, 0.25) is 0 Å². The van der Waals surface area contributed by atoms with E-state index in [2.05, 4.69) is 138 Å². The number of alkyl halides is 3. The quantitative estimate of drug-likeness (QED) is 0.0971. The molecule has 10 heterocycles. The summed E-state index contributed by atoms with van der Waals surface area (Å²) in [7, 11) is 8.51.